The maximum Gasteiger partial charge on any atom is 0.282 e. The van der Waals surface area contributed by atoms with Gasteiger partial charge in [-0.25, -0.2) is 8.78 Å². The van der Waals surface area contributed by atoms with Crippen molar-refractivity contribution in [2.45, 2.75) is 24.6 Å². The van der Waals surface area contributed by atoms with E-state index < -0.39 is 34.0 Å². The van der Waals surface area contributed by atoms with E-state index in [-0.39, 0.29) is 11.6 Å². The van der Waals surface area contributed by atoms with Crippen molar-refractivity contribution in [2.24, 2.45) is 5.73 Å². The summed E-state index contributed by atoms with van der Waals surface area (Å²) in [6.45, 7) is 2.53. The van der Waals surface area contributed by atoms with Crippen LogP contribution in [0.3, 0.4) is 0 Å². The van der Waals surface area contributed by atoms with Crippen molar-refractivity contribution in [3.63, 3.8) is 0 Å². The summed E-state index contributed by atoms with van der Waals surface area (Å²) in [7, 11) is -0.357. The first-order valence-electron chi connectivity index (χ1n) is 9.60. The summed E-state index contributed by atoms with van der Waals surface area (Å²) in [4.78, 5) is 2.24. The van der Waals surface area contributed by atoms with Gasteiger partial charge in [0.15, 0.2) is 0 Å². The first-order valence-corrected chi connectivity index (χ1v) is 11.0. The standard InChI is InChI=1S/C19H26F2N4O3S/c1-23(2)29(26,27)25-9-12-7-24(8-13(12)10-25)15-6-18(22)19(28-11-15)16-5-14(20)3-4-17(16)21/h3-5,15,18-19H,6-11,22H2,1-2H3/t15-,18+,19-/m1/s1. The number of hydrogen-bond donors (Lipinski definition) is 1. The summed E-state index contributed by atoms with van der Waals surface area (Å²) in [5.41, 5.74) is 8.68. The van der Waals surface area contributed by atoms with Crippen LogP contribution in [0.25, 0.3) is 0 Å². The molecule has 160 valence electrons. The van der Waals surface area contributed by atoms with Gasteiger partial charge >= 0.3 is 0 Å². The molecule has 0 spiro atoms. The van der Waals surface area contributed by atoms with Gasteiger partial charge < -0.3 is 10.5 Å². The Labute approximate surface area is 169 Å². The Balaban J connectivity index is 1.37. The summed E-state index contributed by atoms with van der Waals surface area (Å²) >= 11 is 0. The molecule has 4 rings (SSSR count). The highest BCUT2D eigenvalue weighted by molar-refractivity contribution is 7.86. The molecule has 0 radical (unpaired) electrons. The monoisotopic (exact) mass is 428 g/mol. The zero-order valence-corrected chi connectivity index (χ0v) is 17.3. The maximum absolute atomic E-state index is 14.1. The van der Waals surface area contributed by atoms with Crippen molar-refractivity contribution in [3.05, 3.63) is 46.5 Å². The van der Waals surface area contributed by atoms with Crippen molar-refractivity contribution >= 4 is 10.2 Å². The first kappa shape index (κ1) is 20.8. The Morgan fingerprint density at radius 1 is 1.14 bits per heavy atom. The molecule has 0 amide bonds. The van der Waals surface area contributed by atoms with E-state index in [1.165, 1.54) is 22.7 Å². The largest absolute Gasteiger partial charge is 0.370 e. The average Bonchev–Trinajstić information content (AvgIpc) is 3.23. The third kappa shape index (κ3) is 3.85. The zero-order chi connectivity index (χ0) is 20.9. The summed E-state index contributed by atoms with van der Waals surface area (Å²) in [5, 5.41) is 0. The van der Waals surface area contributed by atoms with Crippen LogP contribution in [0.2, 0.25) is 0 Å². The molecule has 3 aliphatic rings. The van der Waals surface area contributed by atoms with E-state index >= 15 is 0 Å². The minimum Gasteiger partial charge on any atom is -0.370 e. The predicted molar refractivity (Wildman–Crippen MR) is 104 cm³/mol. The van der Waals surface area contributed by atoms with E-state index in [4.69, 9.17) is 10.5 Å². The minimum atomic E-state index is -3.42. The molecule has 1 saturated heterocycles. The van der Waals surface area contributed by atoms with Gasteiger partial charge in [-0.3, -0.25) is 4.90 Å². The van der Waals surface area contributed by atoms with Gasteiger partial charge in [0.05, 0.1) is 6.61 Å². The molecule has 1 fully saturated rings. The third-order valence-electron chi connectivity index (χ3n) is 5.99. The molecule has 10 heteroatoms. The molecule has 0 aromatic heterocycles. The number of rotatable bonds is 4. The maximum atomic E-state index is 14.1. The second-order valence-corrected chi connectivity index (χ2v) is 10.3. The minimum absolute atomic E-state index is 0.0578. The molecule has 0 unspecified atom stereocenters. The molecule has 2 N–H and O–H groups in total. The highest BCUT2D eigenvalue weighted by Crippen LogP contribution is 2.35. The number of halogens is 2. The van der Waals surface area contributed by atoms with Crippen LogP contribution >= 0.6 is 0 Å². The Kier molecular flexibility index (Phi) is 5.51. The van der Waals surface area contributed by atoms with Crippen LogP contribution in [-0.2, 0) is 14.9 Å². The molecule has 1 aromatic carbocycles. The highest BCUT2D eigenvalue weighted by Gasteiger charge is 2.41. The zero-order valence-electron chi connectivity index (χ0n) is 16.5. The fraction of sp³-hybridized carbons (Fsp3) is 0.579. The lowest BCUT2D eigenvalue weighted by Crippen LogP contribution is -2.50. The van der Waals surface area contributed by atoms with Gasteiger partial charge in [-0.1, -0.05) is 0 Å². The van der Waals surface area contributed by atoms with E-state index in [2.05, 4.69) is 4.90 Å². The van der Waals surface area contributed by atoms with Crippen molar-refractivity contribution < 1.29 is 21.9 Å². The number of benzene rings is 1. The molecule has 3 heterocycles. The van der Waals surface area contributed by atoms with E-state index in [0.717, 1.165) is 29.3 Å². The van der Waals surface area contributed by atoms with Crippen LogP contribution in [0, 0.1) is 11.6 Å². The summed E-state index contributed by atoms with van der Waals surface area (Å²) in [6, 6.07) is 2.92. The Bertz CT molecular complexity index is 919. The van der Waals surface area contributed by atoms with E-state index in [1.807, 2.05) is 0 Å². The van der Waals surface area contributed by atoms with E-state index in [1.54, 1.807) is 0 Å². The summed E-state index contributed by atoms with van der Waals surface area (Å²) in [6.07, 6.45) is -0.0777. The SMILES string of the molecule is CN(C)S(=O)(=O)N1CC2=C(CN([C@H]3CO[C@H](c4cc(F)ccc4F)[C@@H](N)C3)C2)C1. The van der Waals surface area contributed by atoms with Gasteiger partial charge in [0.1, 0.15) is 17.7 Å². The van der Waals surface area contributed by atoms with Gasteiger partial charge in [-0.2, -0.15) is 17.0 Å². The van der Waals surface area contributed by atoms with Gasteiger partial charge in [-0.15, -0.1) is 0 Å². The van der Waals surface area contributed by atoms with E-state index in [9.17, 15) is 17.2 Å². The molecule has 29 heavy (non-hydrogen) atoms. The normalized spacial score (nSPS) is 29.1. The van der Waals surface area contributed by atoms with Gasteiger partial charge in [0, 0.05) is 57.9 Å². The van der Waals surface area contributed by atoms with Crippen LogP contribution in [0.15, 0.2) is 29.3 Å². The van der Waals surface area contributed by atoms with Crippen LogP contribution in [0.1, 0.15) is 18.1 Å². The number of hydrogen-bond acceptors (Lipinski definition) is 5. The lowest BCUT2D eigenvalue weighted by Gasteiger charge is -2.39. The predicted octanol–water partition coefficient (Wildman–Crippen LogP) is 0.856. The molecule has 7 nitrogen and oxygen atoms in total. The van der Waals surface area contributed by atoms with Gasteiger partial charge in [-0.05, 0) is 35.8 Å². The first-order chi connectivity index (χ1) is 13.7. The Morgan fingerprint density at radius 3 is 2.38 bits per heavy atom. The molecule has 0 bridgehead atoms. The van der Waals surface area contributed by atoms with Crippen LogP contribution in [0.5, 0.6) is 0 Å². The van der Waals surface area contributed by atoms with Gasteiger partial charge in [0.2, 0.25) is 0 Å². The smallest absolute Gasteiger partial charge is 0.282 e. The van der Waals surface area contributed by atoms with Crippen molar-refractivity contribution in [1.82, 2.24) is 13.5 Å². The summed E-state index contributed by atoms with van der Waals surface area (Å²) in [5.74, 6) is -1.04. The van der Waals surface area contributed by atoms with Crippen molar-refractivity contribution in [3.8, 4) is 0 Å². The van der Waals surface area contributed by atoms with E-state index in [0.29, 0.717) is 39.2 Å². The molecule has 0 aliphatic carbocycles. The second kappa shape index (κ2) is 7.68. The van der Waals surface area contributed by atoms with Crippen molar-refractivity contribution in [2.75, 3.05) is 46.9 Å². The molecule has 1 aromatic rings. The van der Waals surface area contributed by atoms with Crippen LogP contribution in [0.4, 0.5) is 8.78 Å². The fourth-order valence-electron chi connectivity index (χ4n) is 4.38. The third-order valence-corrected chi connectivity index (χ3v) is 7.83. The van der Waals surface area contributed by atoms with Crippen LogP contribution in [-0.4, -0.2) is 80.9 Å². The number of nitrogens with zero attached hydrogens (tertiary/aromatic N) is 3. The quantitative estimate of drug-likeness (QED) is 0.720. The highest BCUT2D eigenvalue weighted by atomic mass is 32.2. The second-order valence-electron chi connectivity index (χ2n) is 8.14. The average molecular weight is 429 g/mol. The summed E-state index contributed by atoms with van der Waals surface area (Å²) < 4.78 is 60.9. The molecule has 0 saturated carbocycles. The lowest BCUT2D eigenvalue weighted by molar-refractivity contribution is -0.0468. The Hall–Kier alpha value is -1.43. The number of nitrogens with two attached hydrogens (primary N) is 1. The Morgan fingerprint density at radius 2 is 1.79 bits per heavy atom. The van der Waals surface area contributed by atoms with Gasteiger partial charge in [0.25, 0.3) is 10.2 Å². The molecule has 3 aliphatic heterocycles. The molecular formula is C19H26F2N4O3S. The topological polar surface area (TPSA) is 79.1 Å². The molecule has 3 atom stereocenters. The number of ether oxygens (including phenoxy) is 1. The fourth-order valence-corrected chi connectivity index (χ4v) is 5.48. The van der Waals surface area contributed by atoms with Crippen molar-refractivity contribution in [1.29, 1.82) is 0 Å². The molecular weight excluding hydrogens is 402 g/mol. The lowest BCUT2D eigenvalue weighted by atomic mass is 9.93. The van der Waals surface area contributed by atoms with Crippen LogP contribution < -0.4 is 5.73 Å².